The maximum atomic E-state index is 11.5. The van der Waals surface area contributed by atoms with Crippen LogP contribution in [0.25, 0.3) is 0 Å². The highest BCUT2D eigenvalue weighted by Gasteiger charge is 2.25. The standard InChI is InChI=1S/C14H20O3/c1-14(2,17)13(16)10-12(15)9-8-11-6-4-3-5-7-11/h3-7,12,15,17H,8-10H2,1-2H3. The number of aliphatic hydroxyl groups is 2. The van der Waals surface area contributed by atoms with Crippen molar-refractivity contribution in [3.05, 3.63) is 35.9 Å². The third-order valence-corrected chi connectivity index (χ3v) is 2.71. The van der Waals surface area contributed by atoms with Crippen molar-refractivity contribution in [2.75, 3.05) is 0 Å². The van der Waals surface area contributed by atoms with E-state index in [0.717, 1.165) is 12.0 Å². The van der Waals surface area contributed by atoms with Crippen molar-refractivity contribution in [2.24, 2.45) is 0 Å². The largest absolute Gasteiger partial charge is 0.393 e. The predicted octanol–water partition coefficient (Wildman–Crippen LogP) is 1.71. The molecule has 17 heavy (non-hydrogen) atoms. The number of carbonyl (C=O) groups is 1. The number of carbonyl (C=O) groups excluding carboxylic acids is 1. The van der Waals surface area contributed by atoms with E-state index in [-0.39, 0.29) is 12.2 Å². The van der Waals surface area contributed by atoms with Crippen molar-refractivity contribution in [1.82, 2.24) is 0 Å². The smallest absolute Gasteiger partial charge is 0.166 e. The summed E-state index contributed by atoms with van der Waals surface area (Å²) < 4.78 is 0. The molecule has 1 rings (SSSR count). The van der Waals surface area contributed by atoms with E-state index in [1.165, 1.54) is 13.8 Å². The number of hydrogen-bond donors (Lipinski definition) is 2. The van der Waals surface area contributed by atoms with Gasteiger partial charge >= 0.3 is 0 Å². The highest BCUT2D eigenvalue weighted by Crippen LogP contribution is 2.12. The zero-order chi connectivity index (χ0) is 12.9. The molecule has 1 atom stereocenters. The zero-order valence-corrected chi connectivity index (χ0v) is 10.4. The van der Waals surface area contributed by atoms with Crippen molar-refractivity contribution in [2.45, 2.75) is 44.8 Å². The van der Waals surface area contributed by atoms with Crippen LogP contribution in [-0.2, 0) is 11.2 Å². The van der Waals surface area contributed by atoms with Gasteiger partial charge in [0.1, 0.15) is 5.60 Å². The third kappa shape index (κ3) is 5.11. The van der Waals surface area contributed by atoms with Crippen LogP contribution in [0.15, 0.2) is 30.3 Å². The molecule has 0 bridgehead atoms. The summed E-state index contributed by atoms with van der Waals surface area (Å²) in [5.74, 6) is -0.321. The highest BCUT2D eigenvalue weighted by atomic mass is 16.3. The van der Waals surface area contributed by atoms with Crippen molar-refractivity contribution < 1.29 is 15.0 Å². The average molecular weight is 236 g/mol. The van der Waals surface area contributed by atoms with E-state index in [1.54, 1.807) is 0 Å². The van der Waals surface area contributed by atoms with Gasteiger partial charge in [-0.25, -0.2) is 0 Å². The minimum atomic E-state index is -1.35. The van der Waals surface area contributed by atoms with Gasteiger partial charge in [-0.2, -0.15) is 0 Å². The molecule has 2 N–H and O–H groups in total. The van der Waals surface area contributed by atoms with Gasteiger partial charge in [0.05, 0.1) is 6.10 Å². The second-order valence-electron chi connectivity index (χ2n) is 4.86. The van der Waals surface area contributed by atoms with Crippen LogP contribution in [0.4, 0.5) is 0 Å². The lowest BCUT2D eigenvalue weighted by Crippen LogP contribution is -2.33. The first-order valence-corrected chi connectivity index (χ1v) is 5.87. The lowest BCUT2D eigenvalue weighted by Gasteiger charge is -2.18. The van der Waals surface area contributed by atoms with Crippen LogP contribution >= 0.6 is 0 Å². The number of aryl methyl sites for hydroxylation is 1. The van der Waals surface area contributed by atoms with Gasteiger partial charge in [0.25, 0.3) is 0 Å². The molecule has 94 valence electrons. The van der Waals surface area contributed by atoms with E-state index in [0.29, 0.717) is 6.42 Å². The number of hydrogen-bond acceptors (Lipinski definition) is 3. The Kier molecular flexibility index (Phi) is 4.85. The number of benzene rings is 1. The van der Waals surface area contributed by atoms with Gasteiger partial charge in [-0.15, -0.1) is 0 Å². The molecule has 0 heterocycles. The van der Waals surface area contributed by atoms with E-state index in [9.17, 15) is 15.0 Å². The monoisotopic (exact) mass is 236 g/mol. The summed E-state index contributed by atoms with van der Waals surface area (Å²) in [5.41, 5.74) is -0.212. The Morgan fingerprint density at radius 2 is 1.88 bits per heavy atom. The van der Waals surface area contributed by atoms with Gasteiger partial charge in [0.15, 0.2) is 5.78 Å². The first kappa shape index (κ1) is 13.9. The maximum Gasteiger partial charge on any atom is 0.166 e. The molecule has 3 heteroatoms. The van der Waals surface area contributed by atoms with Crippen molar-refractivity contribution in [1.29, 1.82) is 0 Å². The quantitative estimate of drug-likeness (QED) is 0.790. The second-order valence-corrected chi connectivity index (χ2v) is 4.86. The molecule has 0 aromatic heterocycles. The molecular weight excluding hydrogens is 216 g/mol. The van der Waals surface area contributed by atoms with Crippen LogP contribution in [0.1, 0.15) is 32.3 Å². The van der Waals surface area contributed by atoms with Crippen molar-refractivity contribution in [3.63, 3.8) is 0 Å². The van der Waals surface area contributed by atoms with Gasteiger partial charge in [0, 0.05) is 6.42 Å². The molecule has 0 saturated heterocycles. The van der Waals surface area contributed by atoms with Gasteiger partial charge in [-0.05, 0) is 32.3 Å². The van der Waals surface area contributed by atoms with E-state index in [1.807, 2.05) is 30.3 Å². The highest BCUT2D eigenvalue weighted by molar-refractivity contribution is 5.86. The lowest BCUT2D eigenvalue weighted by atomic mass is 9.96. The van der Waals surface area contributed by atoms with E-state index >= 15 is 0 Å². The Morgan fingerprint density at radius 1 is 1.29 bits per heavy atom. The van der Waals surface area contributed by atoms with E-state index in [4.69, 9.17) is 0 Å². The molecule has 0 aliphatic rings. The molecule has 3 nitrogen and oxygen atoms in total. The summed E-state index contributed by atoms with van der Waals surface area (Å²) in [4.78, 5) is 11.5. The van der Waals surface area contributed by atoms with E-state index < -0.39 is 11.7 Å². The number of aliphatic hydroxyl groups excluding tert-OH is 1. The van der Waals surface area contributed by atoms with Crippen LogP contribution in [0.2, 0.25) is 0 Å². The maximum absolute atomic E-state index is 11.5. The molecule has 0 aliphatic carbocycles. The zero-order valence-electron chi connectivity index (χ0n) is 10.4. The summed E-state index contributed by atoms with van der Waals surface area (Å²) in [7, 11) is 0. The van der Waals surface area contributed by atoms with Crippen LogP contribution in [-0.4, -0.2) is 27.7 Å². The fraction of sp³-hybridized carbons (Fsp3) is 0.500. The number of Topliss-reactive ketones (excluding diaryl/α,β-unsaturated/α-hetero) is 1. The molecule has 1 unspecified atom stereocenters. The van der Waals surface area contributed by atoms with Crippen molar-refractivity contribution >= 4 is 5.78 Å². The Hall–Kier alpha value is -1.19. The summed E-state index contributed by atoms with van der Waals surface area (Å²) in [6.07, 6.45) is 0.595. The van der Waals surface area contributed by atoms with Crippen LogP contribution < -0.4 is 0 Å². The molecule has 0 spiro atoms. The van der Waals surface area contributed by atoms with Gasteiger partial charge in [-0.3, -0.25) is 4.79 Å². The Morgan fingerprint density at radius 3 is 2.41 bits per heavy atom. The SMILES string of the molecule is CC(C)(O)C(=O)CC(O)CCc1ccccc1. The molecule has 0 radical (unpaired) electrons. The fourth-order valence-electron chi connectivity index (χ4n) is 1.54. The summed E-state index contributed by atoms with van der Waals surface area (Å²) >= 11 is 0. The second kappa shape index (κ2) is 5.94. The minimum Gasteiger partial charge on any atom is -0.393 e. The predicted molar refractivity (Wildman–Crippen MR) is 66.7 cm³/mol. The fourth-order valence-corrected chi connectivity index (χ4v) is 1.54. The normalized spacial score (nSPS) is 13.4. The summed E-state index contributed by atoms with van der Waals surface area (Å²) in [6, 6.07) is 9.82. The Labute approximate surface area is 102 Å². The number of rotatable bonds is 6. The molecule has 0 aliphatic heterocycles. The average Bonchev–Trinajstić information content (AvgIpc) is 2.26. The summed E-state index contributed by atoms with van der Waals surface area (Å²) in [5, 5.41) is 19.2. The van der Waals surface area contributed by atoms with Crippen LogP contribution in [0.5, 0.6) is 0 Å². The number of ketones is 1. The van der Waals surface area contributed by atoms with Crippen LogP contribution in [0.3, 0.4) is 0 Å². The topological polar surface area (TPSA) is 57.5 Å². The van der Waals surface area contributed by atoms with Gasteiger partial charge in [0.2, 0.25) is 0 Å². The van der Waals surface area contributed by atoms with E-state index in [2.05, 4.69) is 0 Å². The summed E-state index contributed by atoms with van der Waals surface area (Å²) in [6.45, 7) is 2.89. The molecule has 0 saturated carbocycles. The molecule has 1 aromatic carbocycles. The third-order valence-electron chi connectivity index (χ3n) is 2.71. The van der Waals surface area contributed by atoms with Gasteiger partial charge < -0.3 is 10.2 Å². The minimum absolute atomic E-state index is 0.0103. The molecule has 0 amide bonds. The van der Waals surface area contributed by atoms with Crippen molar-refractivity contribution in [3.8, 4) is 0 Å². The van der Waals surface area contributed by atoms with Crippen LogP contribution in [0, 0.1) is 0 Å². The molecule has 1 aromatic rings. The lowest BCUT2D eigenvalue weighted by molar-refractivity contribution is -0.136. The molecule has 0 fully saturated rings. The Balaban J connectivity index is 2.36. The first-order valence-electron chi connectivity index (χ1n) is 5.87. The first-order chi connectivity index (χ1) is 7.89. The van der Waals surface area contributed by atoms with Gasteiger partial charge in [-0.1, -0.05) is 30.3 Å². The Bertz CT molecular complexity index is 351. The molecular formula is C14H20O3.